The molecule has 1 aliphatic heterocycles. The minimum Gasteiger partial charge on any atom is -0.393 e. The summed E-state index contributed by atoms with van der Waals surface area (Å²) in [6.07, 6.45) is 9.14. The predicted octanol–water partition coefficient (Wildman–Crippen LogP) is 3.40. The maximum Gasteiger partial charge on any atom is 0.178 e. The maximum atomic E-state index is 11.7. The monoisotopic (exact) mass is 334 g/mol. The van der Waals surface area contributed by atoms with Crippen LogP contribution in [0, 0.1) is 17.3 Å². The largest absolute Gasteiger partial charge is 0.393 e. The van der Waals surface area contributed by atoms with Crippen molar-refractivity contribution >= 4 is 5.78 Å². The number of allylic oxidation sites excluding steroid dienone is 4. The summed E-state index contributed by atoms with van der Waals surface area (Å²) in [4.78, 5) is 11.7. The fraction of sp³-hybridized carbons (Fsp3) is 0.750. The summed E-state index contributed by atoms with van der Waals surface area (Å²) in [7, 11) is 0. The minimum absolute atomic E-state index is 0.0732. The van der Waals surface area contributed by atoms with Crippen molar-refractivity contribution in [2.24, 2.45) is 17.3 Å². The molecular formula is C20H30O4. The number of rotatable bonds is 4. The standard InChI is InChI=1S/C20H30O4/c1-13(21)18-14(6-8-17-12-23-19(2,3)24-17)5-7-15-11-16(22)9-10-20(15,18)4/h9-11,13-14,17-18,21H,5-8,12H2,1-4H3/t13-,14-,17+,18-,20-/m0/s1. The highest BCUT2D eigenvalue weighted by Crippen LogP contribution is 2.52. The van der Waals surface area contributed by atoms with Gasteiger partial charge in [-0.3, -0.25) is 4.79 Å². The number of ether oxygens (including phenoxy) is 2. The van der Waals surface area contributed by atoms with E-state index in [-0.39, 0.29) is 23.2 Å². The first-order chi connectivity index (χ1) is 11.2. The molecule has 1 N–H and O–H groups in total. The molecule has 1 saturated carbocycles. The van der Waals surface area contributed by atoms with Gasteiger partial charge in [-0.1, -0.05) is 18.6 Å². The summed E-state index contributed by atoms with van der Waals surface area (Å²) in [5.41, 5.74) is 0.968. The molecule has 0 unspecified atom stereocenters. The number of aliphatic hydroxyl groups excluding tert-OH is 1. The van der Waals surface area contributed by atoms with E-state index in [1.807, 2.05) is 26.8 Å². The van der Waals surface area contributed by atoms with Crippen LogP contribution in [0.25, 0.3) is 0 Å². The zero-order chi connectivity index (χ0) is 17.5. The SMILES string of the molecule is C[C@H](O)[C@H]1[C@H](CC[C@@H]2COC(C)(C)O2)CCC2=CC(=O)C=C[C@@]21C. The third kappa shape index (κ3) is 3.37. The van der Waals surface area contributed by atoms with Crippen LogP contribution >= 0.6 is 0 Å². The predicted molar refractivity (Wildman–Crippen MR) is 92.4 cm³/mol. The Bertz CT molecular complexity index is 560. The normalized spacial score (nSPS) is 39.5. The molecule has 1 heterocycles. The van der Waals surface area contributed by atoms with E-state index < -0.39 is 11.9 Å². The van der Waals surface area contributed by atoms with Crippen molar-refractivity contribution in [2.45, 2.75) is 71.4 Å². The Balaban J connectivity index is 1.71. The Labute approximate surface area is 144 Å². The molecule has 3 aliphatic rings. The Morgan fingerprint density at radius 3 is 2.71 bits per heavy atom. The third-order valence-corrected chi connectivity index (χ3v) is 6.03. The van der Waals surface area contributed by atoms with E-state index in [9.17, 15) is 9.90 Å². The molecule has 0 spiro atoms. The molecule has 2 aliphatic carbocycles. The highest BCUT2D eigenvalue weighted by atomic mass is 16.7. The van der Waals surface area contributed by atoms with Gasteiger partial charge >= 0.3 is 0 Å². The van der Waals surface area contributed by atoms with E-state index in [0.29, 0.717) is 12.5 Å². The lowest BCUT2D eigenvalue weighted by Gasteiger charge is -2.49. The summed E-state index contributed by atoms with van der Waals surface area (Å²) >= 11 is 0. The van der Waals surface area contributed by atoms with Crippen LogP contribution in [0.5, 0.6) is 0 Å². The van der Waals surface area contributed by atoms with Gasteiger partial charge in [-0.25, -0.2) is 0 Å². The molecule has 0 aromatic rings. The Morgan fingerprint density at radius 2 is 2.08 bits per heavy atom. The van der Waals surface area contributed by atoms with Gasteiger partial charge in [0.15, 0.2) is 11.6 Å². The van der Waals surface area contributed by atoms with Gasteiger partial charge in [-0.15, -0.1) is 0 Å². The molecular weight excluding hydrogens is 304 g/mol. The van der Waals surface area contributed by atoms with Crippen molar-refractivity contribution in [3.63, 3.8) is 0 Å². The summed E-state index contributed by atoms with van der Waals surface area (Å²) in [6.45, 7) is 8.61. The van der Waals surface area contributed by atoms with Crippen LogP contribution in [0.1, 0.15) is 53.4 Å². The van der Waals surface area contributed by atoms with Crippen LogP contribution in [0.4, 0.5) is 0 Å². The van der Waals surface area contributed by atoms with Crippen LogP contribution < -0.4 is 0 Å². The molecule has 1 saturated heterocycles. The highest BCUT2D eigenvalue weighted by molar-refractivity contribution is 6.01. The molecule has 4 nitrogen and oxygen atoms in total. The minimum atomic E-state index is -0.477. The lowest BCUT2D eigenvalue weighted by atomic mass is 9.56. The molecule has 2 fully saturated rings. The molecule has 0 bridgehead atoms. The molecule has 0 radical (unpaired) electrons. The van der Waals surface area contributed by atoms with Gasteiger partial charge in [0.05, 0.1) is 18.8 Å². The van der Waals surface area contributed by atoms with E-state index in [1.165, 1.54) is 5.57 Å². The number of hydrogen-bond acceptors (Lipinski definition) is 4. The summed E-state index contributed by atoms with van der Waals surface area (Å²) in [6, 6.07) is 0. The van der Waals surface area contributed by atoms with Gasteiger partial charge in [0.25, 0.3) is 0 Å². The van der Waals surface area contributed by atoms with Crippen molar-refractivity contribution in [1.82, 2.24) is 0 Å². The molecule has 5 atom stereocenters. The third-order valence-electron chi connectivity index (χ3n) is 6.03. The van der Waals surface area contributed by atoms with Gasteiger partial charge in [0.2, 0.25) is 0 Å². The smallest absolute Gasteiger partial charge is 0.178 e. The topological polar surface area (TPSA) is 55.8 Å². The Hall–Kier alpha value is -0.970. The van der Waals surface area contributed by atoms with Crippen molar-refractivity contribution in [3.8, 4) is 0 Å². The van der Waals surface area contributed by atoms with Crippen LogP contribution in [0.2, 0.25) is 0 Å². The fourth-order valence-corrected chi connectivity index (χ4v) is 4.94. The van der Waals surface area contributed by atoms with E-state index in [1.54, 1.807) is 12.2 Å². The lowest BCUT2D eigenvalue weighted by Crippen LogP contribution is -2.45. The Kier molecular flexibility index (Phi) is 4.75. The summed E-state index contributed by atoms with van der Waals surface area (Å²) < 4.78 is 11.6. The van der Waals surface area contributed by atoms with Crippen LogP contribution in [0.15, 0.2) is 23.8 Å². The summed E-state index contributed by atoms with van der Waals surface area (Å²) in [5, 5.41) is 10.5. The van der Waals surface area contributed by atoms with E-state index in [0.717, 1.165) is 25.7 Å². The van der Waals surface area contributed by atoms with E-state index in [2.05, 4.69) is 6.92 Å². The van der Waals surface area contributed by atoms with Crippen molar-refractivity contribution < 1.29 is 19.4 Å². The summed E-state index contributed by atoms with van der Waals surface area (Å²) in [5.74, 6) is 0.161. The van der Waals surface area contributed by atoms with Gasteiger partial charge in [0.1, 0.15) is 0 Å². The molecule has 0 aromatic carbocycles. The second-order valence-corrected chi connectivity index (χ2v) is 8.28. The first kappa shape index (κ1) is 17.8. The van der Waals surface area contributed by atoms with E-state index in [4.69, 9.17) is 9.47 Å². The zero-order valence-corrected chi connectivity index (χ0v) is 15.2. The maximum absolute atomic E-state index is 11.7. The highest BCUT2D eigenvalue weighted by Gasteiger charge is 2.47. The number of carbonyl (C=O) groups excluding carboxylic acids is 1. The Morgan fingerprint density at radius 1 is 1.33 bits per heavy atom. The molecule has 3 rings (SSSR count). The van der Waals surface area contributed by atoms with Crippen molar-refractivity contribution in [3.05, 3.63) is 23.8 Å². The first-order valence-corrected chi connectivity index (χ1v) is 9.15. The van der Waals surface area contributed by atoms with Crippen LogP contribution in [0.3, 0.4) is 0 Å². The first-order valence-electron chi connectivity index (χ1n) is 9.15. The molecule has 4 heteroatoms. The van der Waals surface area contributed by atoms with Crippen molar-refractivity contribution in [2.75, 3.05) is 6.61 Å². The average Bonchev–Trinajstić information content (AvgIpc) is 2.84. The molecule has 0 amide bonds. The van der Waals surface area contributed by atoms with Gasteiger partial charge in [-0.05, 0) is 70.4 Å². The van der Waals surface area contributed by atoms with Crippen LogP contribution in [-0.2, 0) is 14.3 Å². The molecule has 0 aromatic heterocycles. The lowest BCUT2D eigenvalue weighted by molar-refractivity contribution is -0.139. The van der Waals surface area contributed by atoms with E-state index >= 15 is 0 Å². The average molecular weight is 334 g/mol. The number of ketones is 1. The number of fused-ring (bicyclic) bond motifs is 1. The van der Waals surface area contributed by atoms with Gasteiger partial charge in [-0.2, -0.15) is 0 Å². The van der Waals surface area contributed by atoms with Gasteiger partial charge < -0.3 is 14.6 Å². The number of hydrogen-bond donors (Lipinski definition) is 1. The van der Waals surface area contributed by atoms with Crippen LogP contribution in [-0.4, -0.2) is 35.5 Å². The second kappa shape index (κ2) is 6.40. The quantitative estimate of drug-likeness (QED) is 0.856. The number of carbonyl (C=O) groups is 1. The molecule has 134 valence electrons. The second-order valence-electron chi connectivity index (χ2n) is 8.28. The fourth-order valence-electron chi connectivity index (χ4n) is 4.94. The van der Waals surface area contributed by atoms with Gasteiger partial charge in [0, 0.05) is 5.41 Å². The van der Waals surface area contributed by atoms with Crippen molar-refractivity contribution in [1.29, 1.82) is 0 Å². The molecule has 24 heavy (non-hydrogen) atoms. The zero-order valence-electron chi connectivity index (χ0n) is 15.2. The number of aliphatic hydroxyl groups is 1.